The number of halogens is 1. The fraction of sp³-hybridized carbons (Fsp3) is 0.615. The summed E-state index contributed by atoms with van der Waals surface area (Å²) in [7, 11) is 1.69. The molecule has 0 radical (unpaired) electrons. The first-order valence-corrected chi connectivity index (χ1v) is 6.40. The molecular formula is C13H24IN3O2. The molecule has 0 aliphatic heterocycles. The zero-order valence-corrected chi connectivity index (χ0v) is 14.0. The molecule has 2 N–H and O–H groups in total. The van der Waals surface area contributed by atoms with Gasteiger partial charge >= 0.3 is 0 Å². The van der Waals surface area contributed by atoms with E-state index in [2.05, 4.69) is 22.5 Å². The van der Waals surface area contributed by atoms with Crippen molar-refractivity contribution in [3.8, 4) is 0 Å². The first-order valence-electron chi connectivity index (χ1n) is 6.40. The molecule has 1 heterocycles. The van der Waals surface area contributed by atoms with Gasteiger partial charge in [-0.05, 0) is 18.6 Å². The van der Waals surface area contributed by atoms with Gasteiger partial charge in [-0.15, -0.1) is 24.0 Å². The lowest BCUT2D eigenvalue weighted by Crippen LogP contribution is -2.40. The molecule has 5 nitrogen and oxygen atoms in total. The maximum atomic E-state index is 5.27. The van der Waals surface area contributed by atoms with Crippen LogP contribution in [0.1, 0.15) is 19.1 Å². The molecule has 1 rings (SSSR count). The van der Waals surface area contributed by atoms with E-state index < -0.39 is 0 Å². The fourth-order valence-corrected chi connectivity index (χ4v) is 1.43. The molecule has 110 valence electrons. The van der Waals surface area contributed by atoms with Gasteiger partial charge in [0.15, 0.2) is 5.96 Å². The van der Waals surface area contributed by atoms with Crippen molar-refractivity contribution in [1.82, 2.24) is 10.6 Å². The molecule has 6 heteroatoms. The summed E-state index contributed by atoms with van der Waals surface area (Å²) in [5.41, 5.74) is 0. The number of nitrogens with zero attached hydrogens (tertiary/aromatic N) is 1. The Morgan fingerprint density at radius 2 is 2.16 bits per heavy atom. The molecule has 0 amide bonds. The molecule has 0 saturated carbocycles. The van der Waals surface area contributed by atoms with Crippen LogP contribution in [-0.4, -0.2) is 39.3 Å². The Kier molecular flexibility index (Phi) is 11.8. The van der Waals surface area contributed by atoms with Crippen molar-refractivity contribution in [3.63, 3.8) is 0 Å². The van der Waals surface area contributed by atoms with Gasteiger partial charge in [0.25, 0.3) is 0 Å². The van der Waals surface area contributed by atoms with E-state index in [1.165, 1.54) is 0 Å². The normalized spacial score (nSPS) is 10.9. The van der Waals surface area contributed by atoms with Gasteiger partial charge in [-0.1, -0.05) is 6.92 Å². The van der Waals surface area contributed by atoms with Crippen LogP contribution in [0.5, 0.6) is 0 Å². The Labute approximate surface area is 132 Å². The minimum atomic E-state index is 0. The molecule has 0 bridgehead atoms. The number of methoxy groups -OCH3 is 1. The zero-order chi connectivity index (χ0) is 13.1. The van der Waals surface area contributed by atoms with Crippen molar-refractivity contribution in [2.75, 3.05) is 33.4 Å². The van der Waals surface area contributed by atoms with Crippen LogP contribution in [0.4, 0.5) is 0 Å². The second-order valence-corrected chi connectivity index (χ2v) is 3.91. The lowest BCUT2D eigenvalue weighted by molar-refractivity contribution is 0.203. The van der Waals surface area contributed by atoms with Crippen LogP contribution in [0.3, 0.4) is 0 Å². The Morgan fingerprint density at radius 1 is 1.37 bits per heavy atom. The van der Waals surface area contributed by atoms with Crippen LogP contribution in [-0.2, 0) is 11.2 Å². The van der Waals surface area contributed by atoms with Crippen molar-refractivity contribution >= 4 is 29.9 Å². The standard InChI is InChI=1S/C13H23N3O2.HI/c1-3-7-14-13(16-9-11-17-2)15-8-6-12-5-4-10-18-12;/h4-5,10H,3,6-9,11H2,1-2H3,(H2,14,15,16);1H. The first kappa shape index (κ1) is 18.2. The summed E-state index contributed by atoms with van der Waals surface area (Å²) in [5.74, 6) is 1.81. The number of ether oxygens (including phenoxy) is 1. The summed E-state index contributed by atoms with van der Waals surface area (Å²) in [6.45, 7) is 5.16. The monoisotopic (exact) mass is 381 g/mol. The lowest BCUT2D eigenvalue weighted by Gasteiger charge is -2.11. The van der Waals surface area contributed by atoms with Crippen molar-refractivity contribution in [3.05, 3.63) is 24.2 Å². The van der Waals surface area contributed by atoms with Gasteiger partial charge < -0.3 is 19.8 Å². The molecule has 0 spiro atoms. The average molecular weight is 381 g/mol. The van der Waals surface area contributed by atoms with Gasteiger partial charge in [0, 0.05) is 33.2 Å². The Morgan fingerprint density at radius 3 is 2.79 bits per heavy atom. The molecule has 0 saturated heterocycles. The highest BCUT2D eigenvalue weighted by Gasteiger charge is 1.99. The molecule has 19 heavy (non-hydrogen) atoms. The molecule has 1 aromatic rings. The summed E-state index contributed by atoms with van der Waals surface area (Å²) in [6, 6.07) is 3.88. The van der Waals surface area contributed by atoms with Gasteiger partial charge in [-0.3, -0.25) is 4.99 Å². The number of hydrogen-bond donors (Lipinski definition) is 2. The number of aliphatic imine (C=N–C) groups is 1. The topological polar surface area (TPSA) is 58.8 Å². The van der Waals surface area contributed by atoms with Crippen LogP contribution in [0.15, 0.2) is 27.8 Å². The summed E-state index contributed by atoms with van der Waals surface area (Å²) in [5, 5.41) is 6.49. The van der Waals surface area contributed by atoms with Crippen LogP contribution in [0, 0.1) is 0 Å². The van der Waals surface area contributed by atoms with Crippen molar-refractivity contribution in [2.45, 2.75) is 19.8 Å². The smallest absolute Gasteiger partial charge is 0.191 e. The number of rotatable bonds is 8. The Bertz CT molecular complexity index is 329. The summed E-state index contributed by atoms with van der Waals surface area (Å²) < 4.78 is 10.3. The minimum absolute atomic E-state index is 0. The van der Waals surface area contributed by atoms with E-state index in [0.717, 1.165) is 44.2 Å². The van der Waals surface area contributed by atoms with E-state index >= 15 is 0 Å². The third kappa shape index (κ3) is 8.88. The SMILES string of the molecule is CCCN=C(NCCOC)NCCc1ccco1.I. The van der Waals surface area contributed by atoms with Crippen LogP contribution in [0.2, 0.25) is 0 Å². The highest BCUT2D eigenvalue weighted by Crippen LogP contribution is 1.99. The number of guanidine groups is 1. The van der Waals surface area contributed by atoms with Crippen molar-refractivity contribution < 1.29 is 9.15 Å². The quantitative estimate of drug-likeness (QED) is 0.313. The zero-order valence-electron chi connectivity index (χ0n) is 11.6. The molecule has 0 aliphatic rings. The highest BCUT2D eigenvalue weighted by molar-refractivity contribution is 14.0. The van der Waals surface area contributed by atoms with Crippen LogP contribution < -0.4 is 10.6 Å². The van der Waals surface area contributed by atoms with E-state index in [9.17, 15) is 0 Å². The summed E-state index contributed by atoms with van der Waals surface area (Å²) >= 11 is 0. The molecular weight excluding hydrogens is 357 g/mol. The Hall–Kier alpha value is -0.760. The van der Waals surface area contributed by atoms with E-state index in [1.807, 2.05) is 12.1 Å². The molecule has 0 aromatic carbocycles. The summed E-state index contributed by atoms with van der Waals surface area (Å²) in [4.78, 5) is 4.44. The van der Waals surface area contributed by atoms with Gasteiger partial charge in [0.05, 0.1) is 12.9 Å². The third-order valence-electron chi connectivity index (χ3n) is 2.34. The van der Waals surface area contributed by atoms with E-state index in [1.54, 1.807) is 13.4 Å². The van der Waals surface area contributed by atoms with Crippen LogP contribution >= 0.6 is 24.0 Å². The van der Waals surface area contributed by atoms with Crippen molar-refractivity contribution in [2.24, 2.45) is 4.99 Å². The van der Waals surface area contributed by atoms with Crippen LogP contribution in [0.25, 0.3) is 0 Å². The fourth-order valence-electron chi connectivity index (χ4n) is 1.43. The van der Waals surface area contributed by atoms with E-state index in [0.29, 0.717) is 6.61 Å². The number of furan rings is 1. The molecule has 1 aromatic heterocycles. The van der Waals surface area contributed by atoms with Crippen molar-refractivity contribution in [1.29, 1.82) is 0 Å². The predicted molar refractivity (Wildman–Crippen MR) is 88.3 cm³/mol. The van der Waals surface area contributed by atoms with Gasteiger partial charge in [0.1, 0.15) is 5.76 Å². The van der Waals surface area contributed by atoms with Gasteiger partial charge in [-0.25, -0.2) is 0 Å². The molecule has 0 aliphatic carbocycles. The second kappa shape index (κ2) is 12.3. The highest BCUT2D eigenvalue weighted by atomic mass is 127. The first-order chi connectivity index (χ1) is 8.86. The average Bonchev–Trinajstić information content (AvgIpc) is 2.88. The molecule has 0 unspecified atom stereocenters. The predicted octanol–water partition coefficient (Wildman–Crippen LogP) is 2.03. The number of hydrogen-bond acceptors (Lipinski definition) is 3. The second-order valence-electron chi connectivity index (χ2n) is 3.91. The largest absolute Gasteiger partial charge is 0.469 e. The maximum Gasteiger partial charge on any atom is 0.191 e. The van der Waals surface area contributed by atoms with E-state index in [-0.39, 0.29) is 24.0 Å². The van der Waals surface area contributed by atoms with Gasteiger partial charge in [0.2, 0.25) is 0 Å². The maximum absolute atomic E-state index is 5.27. The summed E-state index contributed by atoms with van der Waals surface area (Å²) in [6.07, 6.45) is 3.58. The van der Waals surface area contributed by atoms with Gasteiger partial charge in [-0.2, -0.15) is 0 Å². The van der Waals surface area contributed by atoms with E-state index in [4.69, 9.17) is 9.15 Å². The lowest BCUT2D eigenvalue weighted by atomic mass is 10.3. The minimum Gasteiger partial charge on any atom is -0.469 e. The molecule has 0 atom stereocenters. The number of nitrogens with one attached hydrogen (secondary N) is 2. The molecule has 0 fully saturated rings. The third-order valence-corrected chi connectivity index (χ3v) is 2.34. The Balaban J connectivity index is 0.00000324.